The first-order valence-electron chi connectivity index (χ1n) is 15.6. The van der Waals surface area contributed by atoms with Gasteiger partial charge in [0.15, 0.2) is 11.6 Å². The minimum Gasteiger partial charge on any atom is -0.451 e. The molecule has 1 spiro atoms. The zero-order valence-corrected chi connectivity index (χ0v) is 25.7. The molecule has 10 heteroatoms. The number of hydrogen-bond donors (Lipinski definition) is 1. The summed E-state index contributed by atoms with van der Waals surface area (Å²) in [5.74, 6) is 1.04. The normalized spacial score (nSPS) is 24.4. The first kappa shape index (κ1) is 29.5. The lowest BCUT2D eigenvalue weighted by molar-refractivity contribution is -0.138. The van der Waals surface area contributed by atoms with E-state index in [-0.39, 0.29) is 52.6 Å². The quantitative estimate of drug-likeness (QED) is 0.464. The van der Waals surface area contributed by atoms with Gasteiger partial charge in [0.2, 0.25) is 5.91 Å². The monoisotopic (exact) mass is 590 g/mol. The van der Waals surface area contributed by atoms with Crippen molar-refractivity contribution in [1.29, 1.82) is 0 Å². The second-order valence-corrected chi connectivity index (χ2v) is 13.4. The van der Waals surface area contributed by atoms with E-state index >= 15 is 0 Å². The predicted octanol–water partition coefficient (Wildman–Crippen LogP) is 4.79. The Labute approximate surface area is 253 Å². The van der Waals surface area contributed by atoms with Crippen molar-refractivity contribution in [2.24, 2.45) is 11.3 Å². The summed E-state index contributed by atoms with van der Waals surface area (Å²) >= 11 is 0. The molecule has 1 aliphatic carbocycles. The highest BCUT2D eigenvalue weighted by atomic mass is 19.1. The third kappa shape index (κ3) is 5.61. The number of piperidine rings is 3. The number of likely N-dealkylation sites (tertiary alicyclic amines) is 1. The number of amides is 2. The van der Waals surface area contributed by atoms with Crippen LogP contribution in [-0.4, -0.2) is 81.9 Å². The van der Waals surface area contributed by atoms with Gasteiger partial charge in [-0.3, -0.25) is 9.59 Å². The number of carbonyl (C=O) groups excluding carboxylic acids is 2. The fraction of sp³-hybridized carbons (Fsp3) is 0.576. The van der Waals surface area contributed by atoms with Crippen molar-refractivity contribution in [2.45, 2.75) is 84.0 Å². The molecule has 5 aliphatic rings. The summed E-state index contributed by atoms with van der Waals surface area (Å²) in [6, 6.07) is 4.16. The van der Waals surface area contributed by atoms with Gasteiger partial charge in [-0.1, -0.05) is 12.2 Å². The van der Waals surface area contributed by atoms with Gasteiger partial charge >= 0.3 is 0 Å². The summed E-state index contributed by atoms with van der Waals surface area (Å²) < 4.78 is 20.6. The summed E-state index contributed by atoms with van der Waals surface area (Å²) in [6.45, 7) is 15.1. The number of rotatable bonds is 7. The number of nitrogens with zero attached hydrogens (tertiary/aromatic N) is 5. The van der Waals surface area contributed by atoms with Gasteiger partial charge in [0.05, 0.1) is 17.8 Å². The Morgan fingerprint density at radius 3 is 2.49 bits per heavy atom. The maximum atomic E-state index is 14.3. The molecule has 43 heavy (non-hydrogen) atoms. The minimum absolute atomic E-state index is 0.0632. The lowest BCUT2D eigenvalue weighted by Gasteiger charge is -2.55. The summed E-state index contributed by atoms with van der Waals surface area (Å²) in [5, 5.41) is 3.58. The van der Waals surface area contributed by atoms with Crippen molar-refractivity contribution in [3.8, 4) is 11.5 Å². The Bertz CT molecular complexity index is 1390. The van der Waals surface area contributed by atoms with Gasteiger partial charge < -0.3 is 24.8 Å². The highest BCUT2D eigenvalue weighted by molar-refractivity contribution is 5.97. The number of hydrogen-bond acceptors (Lipinski definition) is 7. The minimum atomic E-state index is -0.501. The van der Waals surface area contributed by atoms with Crippen LogP contribution in [0.25, 0.3) is 0 Å². The van der Waals surface area contributed by atoms with Gasteiger partial charge in [-0.2, -0.15) is 0 Å². The molecular weight excluding hydrogens is 547 g/mol. The Balaban J connectivity index is 1.12. The van der Waals surface area contributed by atoms with Crippen molar-refractivity contribution in [3.05, 3.63) is 54.3 Å². The first-order chi connectivity index (χ1) is 20.5. The van der Waals surface area contributed by atoms with E-state index in [0.717, 1.165) is 58.3 Å². The summed E-state index contributed by atoms with van der Waals surface area (Å²) in [7, 11) is 0. The van der Waals surface area contributed by atoms with Crippen molar-refractivity contribution in [2.75, 3.05) is 31.1 Å². The molecule has 9 nitrogen and oxygen atoms in total. The molecular formula is C33H43FN6O3. The lowest BCUT2D eigenvalue weighted by atomic mass is 9.70. The van der Waals surface area contributed by atoms with Gasteiger partial charge in [-0.05, 0) is 78.0 Å². The lowest BCUT2D eigenvalue weighted by Crippen LogP contribution is -2.64. The average Bonchev–Trinajstić information content (AvgIpc) is 2.96. The molecule has 1 aromatic carbocycles. The summed E-state index contributed by atoms with van der Waals surface area (Å²) in [6.07, 6.45) is 8.15. The molecule has 1 N–H and O–H groups in total. The molecule has 2 bridgehead atoms. The van der Waals surface area contributed by atoms with E-state index in [1.54, 1.807) is 11.1 Å². The van der Waals surface area contributed by atoms with Crippen LogP contribution in [0.15, 0.2) is 42.9 Å². The summed E-state index contributed by atoms with van der Waals surface area (Å²) in [5.41, 5.74) is 1.51. The van der Waals surface area contributed by atoms with Crippen LogP contribution < -0.4 is 15.0 Å². The second-order valence-electron chi connectivity index (χ2n) is 13.4. The molecule has 2 amide bonds. The van der Waals surface area contributed by atoms with Crippen LogP contribution in [-0.2, 0) is 4.79 Å². The number of halogens is 1. The zero-order chi connectivity index (χ0) is 30.5. The number of ether oxygens (including phenoxy) is 1. The molecule has 4 saturated heterocycles. The molecule has 3 unspecified atom stereocenters. The Hall–Kier alpha value is -3.53. The largest absolute Gasteiger partial charge is 0.451 e. The highest BCUT2D eigenvalue weighted by Gasteiger charge is 2.49. The molecule has 0 radical (unpaired) electrons. The number of fused-ring (bicyclic) bond motifs is 3. The van der Waals surface area contributed by atoms with Crippen LogP contribution >= 0.6 is 0 Å². The molecule has 4 aliphatic heterocycles. The maximum absolute atomic E-state index is 14.3. The smallest absolute Gasteiger partial charge is 0.258 e. The number of aromatic nitrogens is 2. The van der Waals surface area contributed by atoms with Gasteiger partial charge in [0, 0.05) is 55.6 Å². The molecule has 5 fully saturated rings. The third-order valence-electron chi connectivity index (χ3n) is 9.83. The van der Waals surface area contributed by atoms with E-state index < -0.39 is 5.82 Å². The van der Waals surface area contributed by atoms with Crippen molar-refractivity contribution in [1.82, 2.24) is 25.1 Å². The Morgan fingerprint density at radius 2 is 1.84 bits per heavy atom. The number of anilines is 1. The topological polar surface area (TPSA) is 90.9 Å². The predicted molar refractivity (Wildman–Crippen MR) is 163 cm³/mol. The number of carbonyl (C=O) groups is 2. The molecule has 2 aromatic rings. The van der Waals surface area contributed by atoms with Gasteiger partial charge in [0.1, 0.15) is 17.9 Å². The van der Waals surface area contributed by atoms with E-state index in [1.165, 1.54) is 30.1 Å². The molecule has 1 saturated carbocycles. The average molecular weight is 591 g/mol. The maximum Gasteiger partial charge on any atom is 0.258 e. The Kier molecular flexibility index (Phi) is 7.91. The SMILES string of the molecule is C=C1CC2CCC1C(C(=O)N1CCC3(CC1)CN(c1ncncc1Oc1ccc(F)cc1C(=O)N(C(C)C)C(C)C)C3)N2. The Morgan fingerprint density at radius 1 is 1.12 bits per heavy atom. The fourth-order valence-electron chi connectivity index (χ4n) is 7.64. The van der Waals surface area contributed by atoms with Crippen molar-refractivity contribution < 1.29 is 18.7 Å². The number of benzene rings is 1. The van der Waals surface area contributed by atoms with Crippen LogP contribution in [0, 0.1) is 17.2 Å². The van der Waals surface area contributed by atoms with Gasteiger partial charge in [0.25, 0.3) is 5.91 Å². The van der Waals surface area contributed by atoms with E-state index in [0.29, 0.717) is 17.6 Å². The first-order valence-corrected chi connectivity index (χ1v) is 15.6. The molecule has 5 heterocycles. The van der Waals surface area contributed by atoms with E-state index in [4.69, 9.17) is 4.74 Å². The van der Waals surface area contributed by atoms with Crippen molar-refractivity contribution >= 4 is 17.6 Å². The molecule has 7 rings (SSSR count). The summed E-state index contributed by atoms with van der Waals surface area (Å²) in [4.78, 5) is 41.6. The second kappa shape index (κ2) is 11.5. The third-order valence-corrected chi connectivity index (χ3v) is 9.83. The van der Waals surface area contributed by atoms with Gasteiger partial charge in [-0.25, -0.2) is 14.4 Å². The van der Waals surface area contributed by atoms with Crippen LogP contribution in [0.5, 0.6) is 11.5 Å². The molecule has 3 atom stereocenters. The van der Waals surface area contributed by atoms with E-state index in [2.05, 4.69) is 26.8 Å². The van der Waals surface area contributed by atoms with E-state index in [1.807, 2.05) is 32.6 Å². The number of nitrogens with one attached hydrogen (secondary N) is 1. The van der Waals surface area contributed by atoms with Crippen molar-refractivity contribution in [3.63, 3.8) is 0 Å². The highest BCUT2D eigenvalue weighted by Crippen LogP contribution is 2.45. The van der Waals surface area contributed by atoms with Crippen LogP contribution in [0.2, 0.25) is 0 Å². The van der Waals surface area contributed by atoms with E-state index in [9.17, 15) is 14.0 Å². The van der Waals surface area contributed by atoms with Crippen LogP contribution in [0.1, 0.15) is 70.2 Å². The fourth-order valence-corrected chi connectivity index (χ4v) is 7.64. The molecule has 230 valence electrons. The zero-order valence-electron chi connectivity index (χ0n) is 25.7. The standard InChI is InChI=1S/C33H43FN6O3/c1-20(2)40(21(3)4)31(41)26-15-23(34)6-9-27(26)43-28-16-35-19-36-30(28)39-17-33(18-39)10-12-38(13-11-33)32(42)29-25-8-7-24(37-29)14-22(25)5/h6,9,15-16,19-21,24-25,29,37H,5,7-8,10-14,17-18H2,1-4H3. The molecule has 1 aromatic heterocycles. The van der Waals surface area contributed by atoms with Gasteiger partial charge in [-0.15, -0.1) is 0 Å². The van der Waals surface area contributed by atoms with Crippen LogP contribution in [0.4, 0.5) is 10.2 Å². The van der Waals surface area contributed by atoms with Crippen LogP contribution in [0.3, 0.4) is 0 Å².